The molecular weight excluding hydrogens is 380 g/mol. The molecule has 0 bridgehead atoms. The number of phenolic OH excluding ortho intramolecular Hbond substituents is 1. The van der Waals surface area contributed by atoms with Crippen LogP contribution in [0.3, 0.4) is 0 Å². The third kappa shape index (κ3) is 4.00. The molecule has 0 aliphatic carbocycles. The van der Waals surface area contributed by atoms with Crippen molar-refractivity contribution in [3.05, 3.63) is 83.9 Å². The maximum atomic E-state index is 12.8. The van der Waals surface area contributed by atoms with Crippen molar-refractivity contribution < 1.29 is 14.6 Å². The molecule has 0 unspecified atom stereocenters. The van der Waals surface area contributed by atoms with Gasteiger partial charge in [-0.05, 0) is 60.0 Å². The van der Waals surface area contributed by atoms with Crippen LogP contribution in [0.5, 0.6) is 11.5 Å². The lowest BCUT2D eigenvalue weighted by atomic mass is 10.1. The van der Waals surface area contributed by atoms with Crippen molar-refractivity contribution in [3.8, 4) is 11.5 Å². The average molecular weight is 398 g/mol. The monoisotopic (exact) mass is 398 g/mol. The number of carbonyl (C=O) groups is 1. The van der Waals surface area contributed by atoms with Gasteiger partial charge >= 0.3 is 5.97 Å². The summed E-state index contributed by atoms with van der Waals surface area (Å²) in [4.78, 5) is 20.5. The highest BCUT2D eigenvalue weighted by molar-refractivity contribution is 6.01. The molecule has 7 nitrogen and oxygen atoms in total. The van der Waals surface area contributed by atoms with Crippen molar-refractivity contribution in [2.24, 2.45) is 10.2 Å². The standard InChI is InChI=1S/C23H18N4O3/c1-14-7-18(8-15(2)22(14)28)26-27-21-10-17-6-4-3-5-16(17)9-20(21)23(29)30-19-11-24-13-25-12-19/h3-13,28H,1-2H3/b27-26+. The fraction of sp³-hybridized carbons (Fsp3) is 0.0870. The summed E-state index contributed by atoms with van der Waals surface area (Å²) in [6.07, 6.45) is 4.18. The van der Waals surface area contributed by atoms with E-state index >= 15 is 0 Å². The van der Waals surface area contributed by atoms with Crippen molar-refractivity contribution >= 4 is 28.1 Å². The first-order valence-electron chi connectivity index (χ1n) is 9.23. The van der Waals surface area contributed by atoms with Gasteiger partial charge in [0.1, 0.15) is 17.8 Å². The largest absolute Gasteiger partial charge is 0.507 e. The Morgan fingerprint density at radius 3 is 2.23 bits per heavy atom. The van der Waals surface area contributed by atoms with Gasteiger partial charge in [0.05, 0.1) is 23.6 Å². The number of aromatic hydroxyl groups is 1. The maximum absolute atomic E-state index is 12.8. The second kappa shape index (κ2) is 8.08. The van der Waals surface area contributed by atoms with Gasteiger partial charge in [-0.25, -0.2) is 14.8 Å². The van der Waals surface area contributed by atoms with Gasteiger partial charge < -0.3 is 9.84 Å². The summed E-state index contributed by atoms with van der Waals surface area (Å²) in [5, 5.41) is 20.3. The lowest BCUT2D eigenvalue weighted by molar-refractivity contribution is 0.0734. The zero-order valence-corrected chi connectivity index (χ0v) is 16.4. The van der Waals surface area contributed by atoms with Gasteiger partial charge in [0, 0.05) is 0 Å². The van der Waals surface area contributed by atoms with Crippen LogP contribution in [0.25, 0.3) is 10.8 Å². The van der Waals surface area contributed by atoms with E-state index in [-0.39, 0.29) is 17.1 Å². The summed E-state index contributed by atoms with van der Waals surface area (Å²) in [6, 6.07) is 14.6. The number of rotatable bonds is 4. The molecule has 30 heavy (non-hydrogen) atoms. The number of esters is 1. The molecule has 3 aromatic carbocycles. The van der Waals surface area contributed by atoms with Gasteiger partial charge in [-0.15, -0.1) is 5.11 Å². The molecule has 0 fully saturated rings. The lowest BCUT2D eigenvalue weighted by Crippen LogP contribution is -2.09. The number of benzene rings is 3. The number of aryl methyl sites for hydroxylation is 2. The van der Waals surface area contributed by atoms with E-state index < -0.39 is 5.97 Å². The number of aromatic nitrogens is 2. The molecule has 0 saturated carbocycles. The average Bonchev–Trinajstić information content (AvgIpc) is 2.76. The summed E-state index contributed by atoms with van der Waals surface area (Å²) in [6.45, 7) is 3.59. The van der Waals surface area contributed by atoms with E-state index in [0.29, 0.717) is 22.5 Å². The number of phenols is 1. The molecule has 7 heteroatoms. The van der Waals surface area contributed by atoms with Crippen LogP contribution in [-0.2, 0) is 0 Å². The summed E-state index contributed by atoms with van der Waals surface area (Å²) < 4.78 is 5.40. The first kappa shape index (κ1) is 19.2. The molecule has 0 saturated heterocycles. The molecule has 148 valence electrons. The predicted octanol–water partition coefficient (Wildman–Crippen LogP) is 5.59. The van der Waals surface area contributed by atoms with Gasteiger partial charge in [0.15, 0.2) is 5.75 Å². The molecule has 0 amide bonds. The minimum absolute atomic E-state index is 0.231. The number of hydrogen-bond donors (Lipinski definition) is 1. The molecule has 0 spiro atoms. The second-order valence-electron chi connectivity index (χ2n) is 6.81. The van der Waals surface area contributed by atoms with E-state index in [4.69, 9.17) is 4.74 Å². The quantitative estimate of drug-likeness (QED) is 0.357. The first-order chi connectivity index (χ1) is 14.5. The number of carbonyl (C=O) groups excluding carboxylic acids is 1. The predicted molar refractivity (Wildman–Crippen MR) is 113 cm³/mol. The molecule has 4 aromatic rings. The zero-order chi connectivity index (χ0) is 21.1. The highest BCUT2D eigenvalue weighted by atomic mass is 16.5. The SMILES string of the molecule is Cc1cc(/N=N/c2cc3ccccc3cc2C(=O)Oc2cncnc2)cc(C)c1O. The molecule has 1 N–H and O–H groups in total. The van der Waals surface area contributed by atoms with Crippen LogP contribution in [0.15, 0.2) is 77.5 Å². The topological polar surface area (TPSA) is 97.0 Å². The fourth-order valence-corrected chi connectivity index (χ4v) is 3.08. The van der Waals surface area contributed by atoms with Crippen LogP contribution in [0, 0.1) is 13.8 Å². The Kier molecular flexibility index (Phi) is 5.17. The normalized spacial score (nSPS) is 11.1. The maximum Gasteiger partial charge on any atom is 0.345 e. The molecule has 0 aliphatic heterocycles. The molecule has 0 atom stereocenters. The van der Waals surface area contributed by atoms with Crippen molar-refractivity contribution in [1.29, 1.82) is 0 Å². The van der Waals surface area contributed by atoms with E-state index in [9.17, 15) is 9.90 Å². The van der Waals surface area contributed by atoms with Crippen molar-refractivity contribution in [3.63, 3.8) is 0 Å². The molecule has 4 rings (SSSR count). The van der Waals surface area contributed by atoms with Gasteiger partial charge in [0.2, 0.25) is 0 Å². The third-order valence-electron chi connectivity index (χ3n) is 4.58. The first-order valence-corrected chi connectivity index (χ1v) is 9.23. The number of ether oxygens (including phenoxy) is 1. The van der Waals surface area contributed by atoms with Crippen molar-refractivity contribution in [2.75, 3.05) is 0 Å². The van der Waals surface area contributed by atoms with Crippen LogP contribution in [0.1, 0.15) is 21.5 Å². The number of fused-ring (bicyclic) bond motifs is 1. The van der Waals surface area contributed by atoms with Gasteiger partial charge in [-0.2, -0.15) is 5.11 Å². The Bertz CT molecular complexity index is 1250. The highest BCUT2D eigenvalue weighted by Crippen LogP contribution is 2.31. The summed E-state index contributed by atoms with van der Waals surface area (Å²) in [5.41, 5.74) is 2.62. The minimum Gasteiger partial charge on any atom is -0.507 e. The van der Waals surface area contributed by atoms with Crippen LogP contribution in [0.4, 0.5) is 11.4 Å². The molecular formula is C23H18N4O3. The van der Waals surface area contributed by atoms with Crippen LogP contribution < -0.4 is 4.74 Å². The highest BCUT2D eigenvalue weighted by Gasteiger charge is 2.16. The van der Waals surface area contributed by atoms with Gasteiger partial charge in [0.25, 0.3) is 0 Å². The van der Waals surface area contributed by atoms with Gasteiger partial charge in [-0.1, -0.05) is 24.3 Å². The Morgan fingerprint density at radius 2 is 1.57 bits per heavy atom. The number of hydrogen-bond acceptors (Lipinski definition) is 7. The third-order valence-corrected chi connectivity index (χ3v) is 4.58. The van der Waals surface area contributed by atoms with Crippen molar-refractivity contribution in [2.45, 2.75) is 13.8 Å². The van der Waals surface area contributed by atoms with E-state index in [1.54, 1.807) is 38.1 Å². The van der Waals surface area contributed by atoms with Crippen LogP contribution in [0.2, 0.25) is 0 Å². The van der Waals surface area contributed by atoms with Crippen LogP contribution in [-0.4, -0.2) is 21.0 Å². The molecule has 0 radical (unpaired) electrons. The number of nitrogens with zero attached hydrogens (tertiary/aromatic N) is 4. The second-order valence-corrected chi connectivity index (χ2v) is 6.81. The lowest BCUT2D eigenvalue weighted by Gasteiger charge is -2.08. The van der Waals surface area contributed by atoms with E-state index in [1.165, 1.54) is 18.7 Å². The van der Waals surface area contributed by atoms with E-state index in [1.807, 2.05) is 24.3 Å². The van der Waals surface area contributed by atoms with E-state index in [0.717, 1.165) is 10.8 Å². The Hall–Kier alpha value is -4.13. The zero-order valence-electron chi connectivity index (χ0n) is 16.4. The Morgan fingerprint density at radius 1 is 0.933 bits per heavy atom. The molecule has 1 heterocycles. The molecule has 0 aliphatic rings. The summed E-state index contributed by atoms with van der Waals surface area (Å²) in [5.74, 6) is -0.111. The molecule has 1 aromatic heterocycles. The summed E-state index contributed by atoms with van der Waals surface area (Å²) in [7, 11) is 0. The Labute approximate surface area is 172 Å². The Balaban J connectivity index is 1.75. The fourth-order valence-electron chi connectivity index (χ4n) is 3.08. The van der Waals surface area contributed by atoms with Gasteiger partial charge in [-0.3, -0.25) is 0 Å². The van der Waals surface area contributed by atoms with E-state index in [2.05, 4.69) is 20.2 Å². The minimum atomic E-state index is -0.581. The number of azo groups is 1. The smallest absolute Gasteiger partial charge is 0.345 e. The summed E-state index contributed by atoms with van der Waals surface area (Å²) >= 11 is 0. The van der Waals surface area contributed by atoms with Crippen LogP contribution >= 0.6 is 0 Å². The van der Waals surface area contributed by atoms with Crippen molar-refractivity contribution in [1.82, 2.24) is 9.97 Å².